The van der Waals surface area contributed by atoms with Gasteiger partial charge in [-0.2, -0.15) is 0 Å². The first kappa shape index (κ1) is 14.2. The van der Waals surface area contributed by atoms with Crippen LogP contribution in [-0.2, 0) is 10.5 Å². The minimum Gasteiger partial charge on any atom is -0.378 e. The van der Waals surface area contributed by atoms with Crippen LogP contribution in [0.2, 0.25) is 0 Å². The van der Waals surface area contributed by atoms with Crippen LogP contribution >= 0.6 is 24.0 Å². The van der Waals surface area contributed by atoms with Crippen molar-refractivity contribution in [1.82, 2.24) is 4.90 Å². The molecular formula is C12H14N2O3S2. The van der Waals surface area contributed by atoms with Crippen molar-refractivity contribution in [3.05, 3.63) is 39.9 Å². The van der Waals surface area contributed by atoms with Crippen molar-refractivity contribution in [3.8, 4) is 0 Å². The first-order chi connectivity index (χ1) is 9.18. The second kappa shape index (κ2) is 6.83. The Morgan fingerprint density at radius 1 is 1.42 bits per heavy atom. The summed E-state index contributed by atoms with van der Waals surface area (Å²) in [6, 6.07) is 6.77. The minimum atomic E-state index is -0.353. The Kier molecular flexibility index (Phi) is 5.12. The van der Waals surface area contributed by atoms with Crippen molar-refractivity contribution < 1.29 is 9.66 Å². The SMILES string of the molecule is O=[N+]([O-])c1ccccc1CSC(=S)N1CCOCC1. The molecule has 0 amide bonds. The number of ether oxygens (including phenoxy) is 1. The number of hydrogen-bond acceptors (Lipinski definition) is 5. The molecule has 2 rings (SSSR count). The van der Waals surface area contributed by atoms with Gasteiger partial charge in [0.15, 0.2) is 0 Å². The third-order valence-electron chi connectivity index (χ3n) is 2.81. The van der Waals surface area contributed by atoms with Gasteiger partial charge in [0.1, 0.15) is 4.32 Å². The summed E-state index contributed by atoms with van der Waals surface area (Å²) in [7, 11) is 0. The van der Waals surface area contributed by atoms with E-state index in [2.05, 4.69) is 4.90 Å². The molecule has 0 N–H and O–H groups in total. The van der Waals surface area contributed by atoms with Crippen LogP contribution in [0.3, 0.4) is 0 Å². The average Bonchev–Trinajstić information content (AvgIpc) is 2.46. The Morgan fingerprint density at radius 2 is 2.11 bits per heavy atom. The first-order valence-corrected chi connectivity index (χ1v) is 7.29. The number of para-hydroxylation sites is 1. The number of benzene rings is 1. The van der Waals surface area contributed by atoms with Gasteiger partial charge in [-0.05, 0) is 0 Å². The van der Waals surface area contributed by atoms with Gasteiger partial charge in [0.2, 0.25) is 0 Å². The van der Waals surface area contributed by atoms with Gasteiger partial charge in [-0.25, -0.2) is 0 Å². The fraction of sp³-hybridized carbons (Fsp3) is 0.417. The second-order valence-electron chi connectivity index (χ2n) is 4.04. The highest BCUT2D eigenvalue weighted by molar-refractivity contribution is 8.22. The van der Waals surface area contributed by atoms with Crippen LogP contribution in [0.4, 0.5) is 5.69 Å². The molecule has 0 atom stereocenters. The van der Waals surface area contributed by atoms with Crippen LogP contribution in [0, 0.1) is 10.1 Å². The van der Waals surface area contributed by atoms with Gasteiger partial charge >= 0.3 is 0 Å². The number of nitro benzene ring substituents is 1. The lowest BCUT2D eigenvalue weighted by molar-refractivity contribution is -0.385. The van der Waals surface area contributed by atoms with Gasteiger partial charge in [-0.3, -0.25) is 10.1 Å². The molecule has 1 aliphatic heterocycles. The highest BCUT2D eigenvalue weighted by Gasteiger charge is 2.17. The van der Waals surface area contributed by atoms with E-state index in [0.29, 0.717) is 24.5 Å². The molecule has 1 heterocycles. The predicted octanol–water partition coefficient (Wildman–Crippen LogP) is 2.45. The monoisotopic (exact) mass is 298 g/mol. The number of hydrogen-bond donors (Lipinski definition) is 0. The lowest BCUT2D eigenvalue weighted by Crippen LogP contribution is -2.38. The van der Waals surface area contributed by atoms with Gasteiger partial charge in [0, 0.05) is 30.5 Å². The maximum atomic E-state index is 10.9. The van der Waals surface area contributed by atoms with E-state index in [1.54, 1.807) is 18.2 Å². The number of thiocarbonyl (C=S) groups is 1. The van der Waals surface area contributed by atoms with Crippen molar-refractivity contribution in [3.63, 3.8) is 0 Å². The van der Waals surface area contributed by atoms with Gasteiger partial charge in [0.05, 0.1) is 18.1 Å². The van der Waals surface area contributed by atoms with Crippen LogP contribution in [0.1, 0.15) is 5.56 Å². The minimum absolute atomic E-state index is 0.153. The van der Waals surface area contributed by atoms with E-state index in [1.807, 2.05) is 0 Å². The average molecular weight is 298 g/mol. The molecule has 1 fully saturated rings. The highest BCUT2D eigenvalue weighted by Crippen LogP contribution is 2.24. The molecule has 19 heavy (non-hydrogen) atoms. The quantitative estimate of drug-likeness (QED) is 0.485. The number of nitrogens with zero attached hydrogens (tertiary/aromatic N) is 2. The number of rotatable bonds is 3. The lowest BCUT2D eigenvalue weighted by Gasteiger charge is -2.28. The first-order valence-electron chi connectivity index (χ1n) is 5.90. The second-order valence-corrected chi connectivity index (χ2v) is 5.65. The van der Waals surface area contributed by atoms with Crippen LogP contribution < -0.4 is 0 Å². The van der Waals surface area contributed by atoms with Gasteiger partial charge in [-0.1, -0.05) is 42.2 Å². The largest absolute Gasteiger partial charge is 0.378 e. The van der Waals surface area contributed by atoms with Crippen LogP contribution in [0.25, 0.3) is 0 Å². The van der Waals surface area contributed by atoms with E-state index in [4.69, 9.17) is 17.0 Å². The van der Waals surface area contributed by atoms with Gasteiger partial charge in [-0.15, -0.1) is 0 Å². The summed E-state index contributed by atoms with van der Waals surface area (Å²) in [5.74, 6) is 0.521. The Labute approximate surface area is 121 Å². The molecule has 1 aromatic carbocycles. The Balaban J connectivity index is 1.94. The standard InChI is InChI=1S/C12H14N2O3S2/c15-14(16)11-4-2-1-3-10(11)9-19-12(18)13-5-7-17-8-6-13/h1-4H,5-9H2. The van der Waals surface area contributed by atoms with E-state index < -0.39 is 0 Å². The summed E-state index contributed by atoms with van der Waals surface area (Å²) < 4.78 is 6.04. The number of thioether (sulfide) groups is 1. The summed E-state index contributed by atoms with van der Waals surface area (Å²) >= 11 is 6.81. The number of morpholine rings is 1. The fourth-order valence-electron chi connectivity index (χ4n) is 1.79. The van der Waals surface area contributed by atoms with Gasteiger partial charge in [0.25, 0.3) is 5.69 Å². The summed E-state index contributed by atoms with van der Waals surface area (Å²) in [6.07, 6.45) is 0. The topological polar surface area (TPSA) is 55.6 Å². The van der Waals surface area contributed by atoms with E-state index in [9.17, 15) is 10.1 Å². The van der Waals surface area contributed by atoms with Crippen molar-refractivity contribution in [2.45, 2.75) is 5.75 Å². The molecule has 0 radical (unpaired) electrons. The van der Waals surface area contributed by atoms with E-state index in [0.717, 1.165) is 17.4 Å². The molecular weight excluding hydrogens is 284 g/mol. The Morgan fingerprint density at radius 3 is 2.79 bits per heavy atom. The summed E-state index contributed by atoms with van der Waals surface area (Å²) in [6.45, 7) is 2.96. The van der Waals surface area contributed by atoms with Crippen molar-refractivity contribution in [2.75, 3.05) is 26.3 Å². The highest BCUT2D eigenvalue weighted by atomic mass is 32.2. The van der Waals surface area contributed by atoms with E-state index in [1.165, 1.54) is 17.8 Å². The molecule has 0 unspecified atom stereocenters. The molecule has 7 heteroatoms. The number of nitro groups is 1. The Hall–Kier alpha value is -1.18. The summed E-state index contributed by atoms with van der Waals surface area (Å²) in [4.78, 5) is 12.6. The van der Waals surface area contributed by atoms with E-state index >= 15 is 0 Å². The summed E-state index contributed by atoms with van der Waals surface area (Å²) in [5.41, 5.74) is 0.855. The molecule has 1 aromatic rings. The predicted molar refractivity (Wildman–Crippen MR) is 79.4 cm³/mol. The third-order valence-corrected chi connectivity index (χ3v) is 4.38. The van der Waals surface area contributed by atoms with E-state index in [-0.39, 0.29) is 10.6 Å². The van der Waals surface area contributed by atoms with Crippen LogP contribution in [0.5, 0.6) is 0 Å². The molecule has 0 aliphatic carbocycles. The summed E-state index contributed by atoms with van der Waals surface area (Å²) in [5, 5.41) is 10.9. The van der Waals surface area contributed by atoms with Crippen LogP contribution in [0.15, 0.2) is 24.3 Å². The zero-order valence-corrected chi connectivity index (χ0v) is 11.9. The normalized spacial score (nSPS) is 15.3. The molecule has 0 saturated carbocycles. The molecule has 5 nitrogen and oxygen atoms in total. The molecule has 1 aliphatic rings. The van der Waals surface area contributed by atoms with Gasteiger partial charge < -0.3 is 9.64 Å². The molecule has 1 saturated heterocycles. The lowest BCUT2D eigenvalue weighted by atomic mass is 10.2. The third kappa shape index (κ3) is 3.89. The Bertz CT molecular complexity index is 476. The molecule has 0 spiro atoms. The molecule has 0 bridgehead atoms. The smallest absolute Gasteiger partial charge is 0.273 e. The fourth-order valence-corrected chi connectivity index (χ4v) is 3.04. The zero-order chi connectivity index (χ0) is 13.7. The van der Waals surface area contributed by atoms with Crippen LogP contribution in [-0.4, -0.2) is 40.4 Å². The zero-order valence-electron chi connectivity index (χ0n) is 10.3. The molecule has 102 valence electrons. The maximum Gasteiger partial charge on any atom is 0.273 e. The molecule has 0 aromatic heterocycles. The van der Waals surface area contributed by atoms with Crippen molar-refractivity contribution in [1.29, 1.82) is 0 Å². The van der Waals surface area contributed by atoms with Crippen molar-refractivity contribution in [2.24, 2.45) is 0 Å². The maximum absolute atomic E-state index is 10.9. The van der Waals surface area contributed by atoms with Crippen molar-refractivity contribution >= 4 is 34.0 Å².